The Kier molecular flexibility index (Phi) is 4.90. The first-order valence-electron chi connectivity index (χ1n) is 9.87. The van der Waals surface area contributed by atoms with Crippen LogP contribution in [-0.4, -0.2) is 60.2 Å². The molecule has 2 aliphatic rings. The first-order valence-corrected chi connectivity index (χ1v) is 9.87. The molecule has 2 unspecified atom stereocenters. The summed E-state index contributed by atoms with van der Waals surface area (Å²) < 4.78 is 2.20. The molecule has 4 rings (SSSR count). The van der Waals surface area contributed by atoms with Gasteiger partial charge in [-0.05, 0) is 50.4 Å². The number of piperidine rings is 1. The van der Waals surface area contributed by atoms with Crippen molar-refractivity contribution < 1.29 is 4.79 Å². The second-order valence-corrected chi connectivity index (χ2v) is 8.10. The number of para-hydroxylation sites is 1. The van der Waals surface area contributed by atoms with E-state index in [0.717, 1.165) is 32.6 Å². The highest BCUT2D eigenvalue weighted by Crippen LogP contribution is 2.33. The number of hydrogen-bond donors (Lipinski definition) is 1. The molecule has 2 fully saturated rings. The Morgan fingerprint density at radius 1 is 1.15 bits per heavy atom. The van der Waals surface area contributed by atoms with Gasteiger partial charge in [0.2, 0.25) is 0 Å². The SMILES string of the molecule is CN1CCCC(CNC(=O)N2CCC(c3cn(C)c4ccccc34)C2)C1. The summed E-state index contributed by atoms with van der Waals surface area (Å²) in [4.78, 5) is 17.0. The van der Waals surface area contributed by atoms with Gasteiger partial charge in [0, 0.05) is 56.2 Å². The van der Waals surface area contributed by atoms with E-state index in [-0.39, 0.29) is 6.03 Å². The Labute approximate surface area is 155 Å². The number of urea groups is 1. The summed E-state index contributed by atoms with van der Waals surface area (Å²) in [6.45, 7) is 4.76. The zero-order chi connectivity index (χ0) is 18.1. The van der Waals surface area contributed by atoms with E-state index >= 15 is 0 Å². The molecule has 5 heteroatoms. The van der Waals surface area contributed by atoms with Gasteiger partial charge in [-0.3, -0.25) is 0 Å². The molecule has 2 amide bonds. The highest BCUT2D eigenvalue weighted by molar-refractivity contribution is 5.84. The zero-order valence-corrected chi connectivity index (χ0v) is 15.9. The predicted octanol–water partition coefficient (Wildman–Crippen LogP) is 3.02. The summed E-state index contributed by atoms with van der Waals surface area (Å²) >= 11 is 0. The van der Waals surface area contributed by atoms with Crippen LogP contribution in [0.2, 0.25) is 0 Å². The maximum Gasteiger partial charge on any atom is 0.317 e. The van der Waals surface area contributed by atoms with E-state index in [4.69, 9.17) is 0 Å². The van der Waals surface area contributed by atoms with Crippen molar-refractivity contribution in [2.45, 2.75) is 25.2 Å². The third-order valence-corrected chi connectivity index (χ3v) is 6.11. The van der Waals surface area contributed by atoms with E-state index in [9.17, 15) is 4.79 Å². The minimum Gasteiger partial charge on any atom is -0.350 e. The molecule has 2 atom stereocenters. The molecule has 5 nitrogen and oxygen atoms in total. The third-order valence-electron chi connectivity index (χ3n) is 6.11. The van der Waals surface area contributed by atoms with Crippen LogP contribution in [0.4, 0.5) is 4.79 Å². The molecule has 0 saturated carbocycles. The fourth-order valence-corrected chi connectivity index (χ4v) is 4.68. The number of carbonyl (C=O) groups excluding carboxylic acids is 1. The summed E-state index contributed by atoms with van der Waals surface area (Å²) in [6.07, 6.45) is 5.76. The molecule has 1 N–H and O–H groups in total. The fraction of sp³-hybridized carbons (Fsp3) is 0.571. The normalized spacial score (nSPS) is 24.3. The summed E-state index contributed by atoms with van der Waals surface area (Å²) in [6, 6.07) is 8.67. The van der Waals surface area contributed by atoms with Crippen LogP contribution in [0, 0.1) is 5.92 Å². The summed E-state index contributed by atoms with van der Waals surface area (Å²) in [5, 5.41) is 4.51. The molecule has 2 aromatic rings. The average molecular weight is 354 g/mol. The highest BCUT2D eigenvalue weighted by atomic mass is 16.2. The van der Waals surface area contributed by atoms with Crippen molar-refractivity contribution in [2.75, 3.05) is 39.8 Å². The van der Waals surface area contributed by atoms with Crippen molar-refractivity contribution in [1.82, 2.24) is 19.7 Å². The molecule has 1 aromatic heterocycles. The van der Waals surface area contributed by atoms with Gasteiger partial charge in [-0.25, -0.2) is 4.79 Å². The standard InChI is InChI=1S/C21H30N4O/c1-23-10-5-6-16(13-23)12-22-21(26)25-11-9-17(14-25)19-15-24(2)20-8-4-3-7-18(19)20/h3-4,7-8,15-17H,5-6,9-14H2,1-2H3,(H,22,26). The van der Waals surface area contributed by atoms with Crippen LogP contribution < -0.4 is 5.32 Å². The summed E-state index contributed by atoms with van der Waals surface area (Å²) in [5.74, 6) is 1.03. The predicted molar refractivity (Wildman–Crippen MR) is 105 cm³/mol. The number of fused-ring (bicyclic) bond motifs is 1. The molecule has 140 valence electrons. The van der Waals surface area contributed by atoms with Crippen molar-refractivity contribution in [3.05, 3.63) is 36.0 Å². The fourth-order valence-electron chi connectivity index (χ4n) is 4.68. The molecule has 1 aromatic carbocycles. The minimum absolute atomic E-state index is 0.112. The van der Waals surface area contributed by atoms with Gasteiger partial charge >= 0.3 is 6.03 Å². The van der Waals surface area contributed by atoms with Gasteiger partial charge < -0.3 is 19.7 Å². The molecule has 2 saturated heterocycles. The van der Waals surface area contributed by atoms with E-state index in [0.29, 0.717) is 11.8 Å². The van der Waals surface area contributed by atoms with E-state index in [1.807, 2.05) is 4.90 Å². The van der Waals surface area contributed by atoms with Crippen LogP contribution in [0.15, 0.2) is 30.5 Å². The number of aromatic nitrogens is 1. The Bertz CT molecular complexity index is 783. The number of amides is 2. The number of hydrogen-bond acceptors (Lipinski definition) is 2. The second kappa shape index (κ2) is 7.31. The average Bonchev–Trinajstić information content (AvgIpc) is 3.25. The third kappa shape index (κ3) is 3.45. The first-order chi connectivity index (χ1) is 12.6. The lowest BCUT2D eigenvalue weighted by Crippen LogP contribution is -2.43. The first kappa shape index (κ1) is 17.4. The molecule has 0 bridgehead atoms. The number of nitrogens with one attached hydrogen (secondary N) is 1. The van der Waals surface area contributed by atoms with E-state index in [2.05, 4.69) is 59.3 Å². The topological polar surface area (TPSA) is 40.5 Å². The zero-order valence-electron chi connectivity index (χ0n) is 15.9. The molecule has 0 aliphatic carbocycles. The van der Waals surface area contributed by atoms with E-state index in [1.54, 1.807) is 0 Å². The Hall–Kier alpha value is -2.01. The number of carbonyl (C=O) groups is 1. The molecule has 0 radical (unpaired) electrons. The number of aryl methyl sites for hydroxylation is 1. The molecular formula is C21H30N4O. The lowest BCUT2D eigenvalue weighted by Gasteiger charge is -2.30. The minimum atomic E-state index is 0.112. The summed E-state index contributed by atoms with van der Waals surface area (Å²) in [5.41, 5.74) is 2.65. The van der Waals surface area contributed by atoms with Crippen LogP contribution in [-0.2, 0) is 7.05 Å². The van der Waals surface area contributed by atoms with Crippen molar-refractivity contribution in [3.63, 3.8) is 0 Å². The van der Waals surface area contributed by atoms with Gasteiger partial charge in [0.1, 0.15) is 0 Å². The number of benzene rings is 1. The Morgan fingerprint density at radius 2 is 2.00 bits per heavy atom. The number of nitrogens with zero attached hydrogens (tertiary/aromatic N) is 3. The smallest absolute Gasteiger partial charge is 0.317 e. The Morgan fingerprint density at radius 3 is 2.85 bits per heavy atom. The molecule has 0 spiro atoms. The van der Waals surface area contributed by atoms with Gasteiger partial charge in [-0.2, -0.15) is 0 Å². The lowest BCUT2D eigenvalue weighted by atomic mass is 9.98. The quantitative estimate of drug-likeness (QED) is 0.920. The van der Waals surface area contributed by atoms with Crippen molar-refractivity contribution in [2.24, 2.45) is 13.0 Å². The monoisotopic (exact) mass is 354 g/mol. The van der Waals surface area contributed by atoms with Crippen LogP contribution in [0.3, 0.4) is 0 Å². The Balaban J connectivity index is 1.36. The van der Waals surface area contributed by atoms with E-state index < -0.39 is 0 Å². The van der Waals surface area contributed by atoms with Gasteiger partial charge in [0.15, 0.2) is 0 Å². The van der Waals surface area contributed by atoms with Crippen molar-refractivity contribution >= 4 is 16.9 Å². The molecule has 26 heavy (non-hydrogen) atoms. The maximum absolute atomic E-state index is 12.6. The number of likely N-dealkylation sites (tertiary alicyclic amines) is 2. The van der Waals surface area contributed by atoms with Gasteiger partial charge in [0.05, 0.1) is 0 Å². The largest absolute Gasteiger partial charge is 0.350 e. The second-order valence-electron chi connectivity index (χ2n) is 8.10. The maximum atomic E-state index is 12.6. The van der Waals surface area contributed by atoms with E-state index in [1.165, 1.54) is 35.9 Å². The van der Waals surface area contributed by atoms with Crippen LogP contribution >= 0.6 is 0 Å². The lowest BCUT2D eigenvalue weighted by molar-refractivity contribution is 0.188. The van der Waals surface area contributed by atoms with Gasteiger partial charge in [-0.1, -0.05) is 18.2 Å². The molecule has 2 aliphatic heterocycles. The van der Waals surface area contributed by atoms with Crippen molar-refractivity contribution in [3.8, 4) is 0 Å². The van der Waals surface area contributed by atoms with Crippen LogP contribution in [0.25, 0.3) is 10.9 Å². The number of rotatable bonds is 3. The van der Waals surface area contributed by atoms with Crippen LogP contribution in [0.1, 0.15) is 30.7 Å². The van der Waals surface area contributed by atoms with Gasteiger partial charge in [-0.15, -0.1) is 0 Å². The van der Waals surface area contributed by atoms with Crippen molar-refractivity contribution in [1.29, 1.82) is 0 Å². The summed E-state index contributed by atoms with van der Waals surface area (Å²) in [7, 11) is 4.27. The van der Waals surface area contributed by atoms with Crippen LogP contribution in [0.5, 0.6) is 0 Å². The highest BCUT2D eigenvalue weighted by Gasteiger charge is 2.29. The molecule has 3 heterocycles. The van der Waals surface area contributed by atoms with Gasteiger partial charge in [0.25, 0.3) is 0 Å². The molecular weight excluding hydrogens is 324 g/mol.